The van der Waals surface area contributed by atoms with E-state index >= 15 is 0 Å². The average Bonchev–Trinajstić information content (AvgIpc) is 2.98. The highest BCUT2D eigenvalue weighted by molar-refractivity contribution is 5.44. The number of hydrogen-bond acceptors (Lipinski definition) is 3. The molecule has 3 nitrogen and oxygen atoms in total. The number of benzene rings is 1. The van der Waals surface area contributed by atoms with Gasteiger partial charge in [-0.15, -0.1) is 0 Å². The molecule has 0 bridgehead atoms. The van der Waals surface area contributed by atoms with Gasteiger partial charge in [0, 0.05) is 25.2 Å². The SMILES string of the molecule is N#Cc1ccc(N2CCC(c3ccc(F)cc3)C2)nc1. The van der Waals surface area contributed by atoms with E-state index in [4.69, 9.17) is 5.26 Å². The Morgan fingerprint density at radius 3 is 2.65 bits per heavy atom. The normalized spacial score (nSPS) is 18.0. The summed E-state index contributed by atoms with van der Waals surface area (Å²) < 4.78 is 12.9. The first-order valence-corrected chi connectivity index (χ1v) is 6.63. The van der Waals surface area contributed by atoms with E-state index in [-0.39, 0.29) is 5.82 Å². The smallest absolute Gasteiger partial charge is 0.128 e. The second-order valence-electron chi connectivity index (χ2n) is 5.00. The van der Waals surface area contributed by atoms with Gasteiger partial charge in [-0.1, -0.05) is 12.1 Å². The molecule has 0 spiro atoms. The fraction of sp³-hybridized carbons (Fsp3) is 0.250. The molecular formula is C16H14FN3. The van der Waals surface area contributed by atoms with Crippen molar-refractivity contribution in [1.29, 1.82) is 5.26 Å². The summed E-state index contributed by atoms with van der Waals surface area (Å²) in [6.07, 6.45) is 2.63. The van der Waals surface area contributed by atoms with Gasteiger partial charge in [0.05, 0.1) is 5.56 Å². The molecule has 4 heteroatoms. The Morgan fingerprint density at radius 1 is 1.20 bits per heavy atom. The van der Waals surface area contributed by atoms with Crippen LogP contribution in [-0.2, 0) is 0 Å². The Hall–Kier alpha value is -2.41. The molecule has 0 N–H and O–H groups in total. The number of nitrogens with zero attached hydrogens (tertiary/aromatic N) is 3. The van der Waals surface area contributed by atoms with Crippen molar-refractivity contribution in [1.82, 2.24) is 4.98 Å². The summed E-state index contributed by atoms with van der Waals surface area (Å²) in [5.74, 6) is 1.11. The molecule has 1 saturated heterocycles. The monoisotopic (exact) mass is 267 g/mol. The number of halogens is 1. The molecule has 1 aliphatic heterocycles. The topological polar surface area (TPSA) is 39.9 Å². The van der Waals surface area contributed by atoms with Gasteiger partial charge in [-0.25, -0.2) is 9.37 Å². The van der Waals surface area contributed by atoms with Gasteiger partial charge in [0.1, 0.15) is 17.7 Å². The molecule has 1 aromatic carbocycles. The van der Waals surface area contributed by atoms with Gasteiger partial charge in [0.25, 0.3) is 0 Å². The summed E-state index contributed by atoms with van der Waals surface area (Å²) in [7, 11) is 0. The summed E-state index contributed by atoms with van der Waals surface area (Å²) in [5.41, 5.74) is 1.74. The van der Waals surface area contributed by atoms with Gasteiger partial charge in [0.15, 0.2) is 0 Å². The predicted octanol–water partition coefficient (Wildman–Crippen LogP) is 3.09. The molecule has 100 valence electrons. The van der Waals surface area contributed by atoms with Crippen LogP contribution >= 0.6 is 0 Å². The van der Waals surface area contributed by atoms with Crippen molar-refractivity contribution in [3.05, 3.63) is 59.5 Å². The number of rotatable bonds is 2. The molecule has 20 heavy (non-hydrogen) atoms. The van der Waals surface area contributed by atoms with Gasteiger partial charge in [-0.05, 0) is 36.2 Å². The number of nitriles is 1. The van der Waals surface area contributed by atoms with Crippen molar-refractivity contribution >= 4 is 5.82 Å². The van der Waals surface area contributed by atoms with Crippen LogP contribution in [0.4, 0.5) is 10.2 Å². The zero-order valence-corrected chi connectivity index (χ0v) is 11.0. The standard InChI is InChI=1S/C16H14FN3/c17-15-4-2-13(3-5-15)14-7-8-20(11-14)16-6-1-12(9-18)10-19-16/h1-6,10,14H,7-8,11H2. The van der Waals surface area contributed by atoms with Gasteiger partial charge in [0.2, 0.25) is 0 Å². The molecular weight excluding hydrogens is 253 g/mol. The highest BCUT2D eigenvalue weighted by Crippen LogP contribution is 2.29. The molecule has 3 rings (SSSR count). The number of hydrogen-bond donors (Lipinski definition) is 0. The minimum atomic E-state index is -0.197. The van der Waals surface area contributed by atoms with Crippen LogP contribution in [0.5, 0.6) is 0 Å². The van der Waals surface area contributed by atoms with Crippen molar-refractivity contribution in [2.24, 2.45) is 0 Å². The number of pyridine rings is 1. The van der Waals surface area contributed by atoms with Crippen molar-refractivity contribution in [2.45, 2.75) is 12.3 Å². The van der Waals surface area contributed by atoms with E-state index in [1.54, 1.807) is 12.3 Å². The summed E-state index contributed by atoms with van der Waals surface area (Å²) in [6, 6.07) is 12.5. The lowest BCUT2D eigenvalue weighted by molar-refractivity contribution is 0.625. The van der Waals surface area contributed by atoms with Crippen LogP contribution in [0.15, 0.2) is 42.6 Å². The molecule has 1 aromatic heterocycles. The molecule has 1 atom stereocenters. The van der Waals surface area contributed by atoms with E-state index < -0.39 is 0 Å². The number of anilines is 1. The molecule has 2 aromatic rings. The maximum atomic E-state index is 12.9. The van der Waals surface area contributed by atoms with Crippen LogP contribution in [-0.4, -0.2) is 18.1 Å². The highest BCUT2D eigenvalue weighted by atomic mass is 19.1. The summed E-state index contributed by atoms with van der Waals surface area (Å²) in [4.78, 5) is 6.52. The van der Waals surface area contributed by atoms with Gasteiger partial charge in [-0.2, -0.15) is 5.26 Å². The van der Waals surface area contributed by atoms with Gasteiger partial charge < -0.3 is 4.90 Å². The Bertz CT molecular complexity index is 628. The number of aromatic nitrogens is 1. The van der Waals surface area contributed by atoms with Crippen LogP contribution in [0.3, 0.4) is 0 Å². The maximum Gasteiger partial charge on any atom is 0.128 e. The molecule has 1 aliphatic rings. The Morgan fingerprint density at radius 2 is 2.00 bits per heavy atom. The Balaban J connectivity index is 1.72. The van der Waals surface area contributed by atoms with E-state index in [1.807, 2.05) is 18.2 Å². The molecule has 0 amide bonds. The van der Waals surface area contributed by atoms with E-state index in [0.29, 0.717) is 11.5 Å². The first kappa shape index (κ1) is 12.6. The molecule has 2 heterocycles. The summed E-state index contributed by atoms with van der Waals surface area (Å²) in [5, 5.41) is 8.77. The fourth-order valence-corrected chi connectivity index (χ4v) is 2.61. The zero-order valence-electron chi connectivity index (χ0n) is 11.0. The summed E-state index contributed by atoms with van der Waals surface area (Å²) >= 11 is 0. The second kappa shape index (κ2) is 5.30. The molecule has 1 fully saturated rings. The van der Waals surface area contributed by atoms with Crippen molar-refractivity contribution in [3.8, 4) is 6.07 Å². The third-order valence-corrected chi connectivity index (χ3v) is 3.73. The Labute approximate surface area is 117 Å². The third-order valence-electron chi connectivity index (χ3n) is 3.73. The maximum absolute atomic E-state index is 12.9. The van der Waals surface area contributed by atoms with Crippen LogP contribution in [0, 0.1) is 17.1 Å². The lowest BCUT2D eigenvalue weighted by atomic mass is 9.99. The highest BCUT2D eigenvalue weighted by Gasteiger charge is 2.24. The van der Waals surface area contributed by atoms with E-state index in [0.717, 1.165) is 25.3 Å². The first-order chi connectivity index (χ1) is 9.76. The van der Waals surface area contributed by atoms with Crippen molar-refractivity contribution in [2.75, 3.05) is 18.0 Å². The molecule has 1 unspecified atom stereocenters. The van der Waals surface area contributed by atoms with Crippen LogP contribution in [0.1, 0.15) is 23.5 Å². The van der Waals surface area contributed by atoms with Gasteiger partial charge >= 0.3 is 0 Å². The van der Waals surface area contributed by atoms with Gasteiger partial charge in [-0.3, -0.25) is 0 Å². The molecule has 0 radical (unpaired) electrons. The largest absolute Gasteiger partial charge is 0.356 e. The minimum Gasteiger partial charge on any atom is -0.356 e. The Kier molecular flexibility index (Phi) is 3.34. The third kappa shape index (κ3) is 2.48. The molecule has 0 aliphatic carbocycles. The van der Waals surface area contributed by atoms with E-state index in [1.165, 1.54) is 17.7 Å². The van der Waals surface area contributed by atoms with E-state index in [9.17, 15) is 4.39 Å². The second-order valence-corrected chi connectivity index (χ2v) is 5.00. The van der Waals surface area contributed by atoms with Crippen LogP contribution < -0.4 is 4.90 Å². The quantitative estimate of drug-likeness (QED) is 0.839. The van der Waals surface area contributed by atoms with Crippen LogP contribution in [0.2, 0.25) is 0 Å². The van der Waals surface area contributed by atoms with Crippen molar-refractivity contribution < 1.29 is 4.39 Å². The average molecular weight is 267 g/mol. The van der Waals surface area contributed by atoms with Crippen LogP contribution in [0.25, 0.3) is 0 Å². The zero-order chi connectivity index (χ0) is 13.9. The lowest BCUT2D eigenvalue weighted by Crippen LogP contribution is -2.20. The molecule has 0 saturated carbocycles. The summed E-state index contributed by atoms with van der Waals surface area (Å²) in [6.45, 7) is 1.81. The van der Waals surface area contributed by atoms with Crippen molar-refractivity contribution in [3.63, 3.8) is 0 Å². The lowest BCUT2D eigenvalue weighted by Gasteiger charge is -2.17. The first-order valence-electron chi connectivity index (χ1n) is 6.63. The fourth-order valence-electron chi connectivity index (χ4n) is 2.61. The minimum absolute atomic E-state index is 0.197. The van der Waals surface area contributed by atoms with E-state index in [2.05, 4.69) is 16.0 Å². The predicted molar refractivity (Wildman–Crippen MR) is 74.9 cm³/mol.